The van der Waals surface area contributed by atoms with Crippen LogP contribution in [-0.4, -0.2) is 47.2 Å². The molecule has 2 amide bonds. The Kier molecular flexibility index (Phi) is 5.60. The van der Waals surface area contributed by atoms with Crippen LogP contribution in [0.15, 0.2) is 18.2 Å². The van der Waals surface area contributed by atoms with Crippen molar-refractivity contribution in [1.29, 1.82) is 0 Å². The van der Waals surface area contributed by atoms with Crippen molar-refractivity contribution >= 4 is 17.7 Å². The van der Waals surface area contributed by atoms with E-state index >= 15 is 0 Å². The predicted molar refractivity (Wildman–Crippen MR) is 89.8 cm³/mol. The van der Waals surface area contributed by atoms with Crippen molar-refractivity contribution in [3.63, 3.8) is 0 Å². The fourth-order valence-electron chi connectivity index (χ4n) is 2.89. The maximum absolute atomic E-state index is 12.1. The lowest BCUT2D eigenvalue weighted by molar-refractivity contribution is -0.139. The second kappa shape index (κ2) is 7.46. The van der Waals surface area contributed by atoms with Crippen LogP contribution in [-0.2, 0) is 4.79 Å². The molecule has 1 aromatic rings. The predicted octanol–water partition coefficient (Wildman–Crippen LogP) is 2.36. The summed E-state index contributed by atoms with van der Waals surface area (Å²) in [5, 5.41) is 14.7. The number of aliphatic carboxylic acids is 1. The average Bonchev–Trinajstić information content (AvgIpc) is 2.44. The monoisotopic (exact) mass is 319 g/mol. The zero-order chi connectivity index (χ0) is 17.0. The number of nitrogens with zero attached hydrogens (tertiary/aromatic N) is 1. The number of hydrogen-bond acceptors (Lipinski definition) is 3. The van der Waals surface area contributed by atoms with E-state index in [0.717, 1.165) is 29.7 Å². The Labute approximate surface area is 136 Å². The highest BCUT2D eigenvalue weighted by molar-refractivity contribution is 5.90. The summed E-state index contributed by atoms with van der Waals surface area (Å²) in [5.41, 5.74) is 2.94. The number of urea groups is 1. The van der Waals surface area contributed by atoms with Crippen LogP contribution in [0.5, 0.6) is 0 Å². The minimum absolute atomic E-state index is 0.0581. The first-order valence-corrected chi connectivity index (χ1v) is 7.99. The van der Waals surface area contributed by atoms with Gasteiger partial charge in [0, 0.05) is 17.8 Å². The molecule has 0 unspecified atom stereocenters. The molecule has 6 heteroatoms. The van der Waals surface area contributed by atoms with Gasteiger partial charge in [-0.2, -0.15) is 0 Å². The number of carboxylic acids is 1. The fraction of sp³-hybridized carbons (Fsp3) is 0.529. The molecule has 1 aromatic carbocycles. The van der Waals surface area contributed by atoms with Crippen LogP contribution in [0.1, 0.15) is 30.9 Å². The van der Waals surface area contributed by atoms with Gasteiger partial charge in [0.1, 0.15) is 0 Å². The third-order valence-electron chi connectivity index (χ3n) is 4.35. The van der Waals surface area contributed by atoms with Crippen molar-refractivity contribution in [2.24, 2.45) is 0 Å². The Morgan fingerprint density at radius 2 is 2.00 bits per heavy atom. The number of rotatable bonds is 6. The lowest BCUT2D eigenvalue weighted by atomic mass is 9.85. The molecule has 6 nitrogen and oxygen atoms in total. The van der Waals surface area contributed by atoms with E-state index < -0.39 is 5.97 Å². The maximum Gasteiger partial charge on any atom is 0.319 e. The molecule has 0 saturated heterocycles. The number of carbonyl (C=O) groups excluding carboxylic acids is 1. The van der Waals surface area contributed by atoms with E-state index in [1.165, 1.54) is 0 Å². The molecule has 0 spiro atoms. The van der Waals surface area contributed by atoms with E-state index in [4.69, 9.17) is 5.11 Å². The summed E-state index contributed by atoms with van der Waals surface area (Å²) < 4.78 is 0. The van der Waals surface area contributed by atoms with Crippen LogP contribution in [0.25, 0.3) is 0 Å². The van der Waals surface area contributed by atoms with Crippen LogP contribution in [0.2, 0.25) is 0 Å². The SMILES string of the molecule is CCN(CC(=O)O)C1CC(NC(=O)Nc2cc(C)ccc2C)C1. The molecule has 126 valence electrons. The summed E-state index contributed by atoms with van der Waals surface area (Å²) in [7, 11) is 0. The maximum atomic E-state index is 12.1. The van der Waals surface area contributed by atoms with E-state index in [-0.39, 0.29) is 24.7 Å². The number of amides is 2. The minimum Gasteiger partial charge on any atom is -0.480 e. The smallest absolute Gasteiger partial charge is 0.319 e. The number of aryl methyl sites for hydroxylation is 2. The van der Waals surface area contributed by atoms with Gasteiger partial charge in [-0.3, -0.25) is 9.69 Å². The Morgan fingerprint density at radius 1 is 1.30 bits per heavy atom. The van der Waals surface area contributed by atoms with Gasteiger partial charge in [-0.05, 0) is 50.4 Å². The van der Waals surface area contributed by atoms with Crippen LogP contribution in [0, 0.1) is 13.8 Å². The lowest BCUT2D eigenvalue weighted by Crippen LogP contribution is -2.55. The van der Waals surface area contributed by atoms with E-state index in [9.17, 15) is 9.59 Å². The molecule has 2 rings (SSSR count). The van der Waals surface area contributed by atoms with E-state index in [2.05, 4.69) is 10.6 Å². The third-order valence-corrected chi connectivity index (χ3v) is 4.35. The molecular weight excluding hydrogens is 294 g/mol. The summed E-state index contributed by atoms with van der Waals surface area (Å²) in [6.45, 7) is 6.66. The molecule has 0 aliphatic heterocycles. The second-order valence-electron chi connectivity index (χ2n) is 6.20. The highest BCUT2D eigenvalue weighted by atomic mass is 16.4. The van der Waals surface area contributed by atoms with Crippen molar-refractivity contribution in [3.8, 4) is 0 Å². The molecule has 0 radical (unpaired) electrons. The molecule has 1 fully saturated rings. The van der Waals surface area contributed by atoms with Crippen LogP contribution < -0.4 is 10.6 Å². The number of carbonyl (C=O) groups is 2. The molecule has 0 atom stereocenters. The Bertz CT molecular complexity index is 582. The lowest BCUT2D eigenvalue weighted by Gasteiger charge is -2.42. The Hall–Kier alpha value is -2.08. The van der Waals surface area contributed by atoms with Gasteiger partial charge in [-0.25, -0.2) is 4.79 Å². The van der Waals surface area contributed by atoms with Crippen LogP contribution >= 0.6 is 0 Å². The molecule has 3 N–H and O–H groups in total. The molecular formula is C17H25N3O3. The molecule has 1 aliphatic carbocycles. The van der Waals surface area contributed by atoms with Crippen molar-refractivity contribution in [1.82, 2.24) is 10.2 Å². The van der Waals surface area contributed by atoms with E-state index in [1.54, 1.807) is 0 Å². The molecule has 0 bridgehead atoms. The third kappa shape index (κ3) is 4.69. The van der Waals surface area contributed by atoms with Gasteiger partial charge in [0.05, 0.1) is 6.54 Å². The summed E-state index contributed by atoms with van der Waals surface area (Å²) in [4.78, 5) is 24.8. The van der Waals surface area contributed by atoms with Crippen molar-refractivity contribution in [2.75, 3.05) is 18.4 Å². The van der Waals surface area contributed by atoms with E-state index in [1.807, 2.05) is 43.9 Å². The second-order valence-corrected chi connectivity index (χ2v) is 6.20. The first kappa shape index (κ1) is 17.3. The summed E-state index contributed by atoms with van der Waals surface area (Å²) in [6, 6.07) is 6.08. The number of anilines is 1. The first-order valence-electron chi connectivity index (χ1n) is 7.99. The first-order chi connectivity index (χ1) is 10.9. The number of hydrogen-bond donors (Lipinski definition) is 3. The van der Waals surface area contributed by atoms with Gasteiger partial charge in [0.2, 0.25) is 0 Å². The standard InChI is InChI=1S/C17H25N3O3/c1-4-20(10-16(21)22)14-8-13(9-14)18-17(23)19-15-7-11(2)5-6-12(15)3/h5-7,13-14H,4,8-10H2,1-3H3,(H,21,22)(H2,18,19,23). The van der Waals surface area contributed by atoms with Gasteiger partial charge >= 0.3 is 12.0 Å². The average molecular weight is 319 g/mol. The van der Waals surface area contributed by atoms with Gasteiger partial charge < -0.3 is 15.7 Å². The Balaban J connectivity index is 1.80. The van der Waals surface area contributed by atoms with Crippen LogP contribution in [0.4, 0.5) is 10.5 Å². The topological polar surface area (TPSA) is 81.7 Å². The molecule has 1 saturated carbocycles. The zero-order valence-corrected chi connectivity index (χ0v) is 13.9. The molecule has 23 heavy (non-hydrogen) atoms. The molecule has 0 heterocycles. The highest BCUT2D eigenvalue weighted by Gasteiger charge is 2.34. The zero-order valence-electron chi connectivity index (χ0n) is 13.9. The normalized spacial score (nSPS) is 20.0. The van der Waals surface area contributed by atoms with Crippen LogP contribution in [0.3, 0.4) is 0 Å². The van der Waals surface area contributed by atoms with Gasteiger partial charge in [0.25, 0.3) is 0 Å². The summed E-state index contributed by atoms with van der Waals surface area (Å²) >= 11 is 0. The Morgan fingerprint density at radius 3 is 2.61 bits per heavy atom. The van der Waals surface area contributed by atoms with Crippen molar-refractivity contribution in [2.45, 2.75) is 45.7 Å². The number of benzene rings is 1. The summed E-state index contributed by atoms with van der Waals surface area (Å²) in [6.07, 6.45) is 1.59. The van der Waals surface area contributed by atoms with Crippen molar-refractivity contribution < 1.29 is 14.7 Å². The number of nitrogens with one attached hydrogen (secondary N) is 2. The molecule has 0 aromatic heterocycles. The van der Waals surface area contributed by atoms with Gasteiger partial charge in [-0.15, -0.1) is 0 Å². The van der Waals surface area contributed by atoms with Gasteiger partial charge in [0.15, 0.2) is 0 Å². The fourth-order valence-corrected chi connectivity index (χ4v) is 2.89. The quantitative estimate of drug-likeness (QED) is 0.752. The minimum atomic E-state index is -0.809. The number of carboxylic acid groups (broad SMARTS) is 1. The molecule has 1 aliphatic rings. The van der Waals surface area contributed by atoms with E-state index in [0.29, 0.717) is 6.54 Å². The number of likely N-dealkylation sites (N-methyl/N-ethyl adjacent to an activating group) is 1. The summed E-state index contributed by atoms with van der Waals surface area (Å²) in [5.74, 6) is -0.809. The largest absolute Gasteiger partial charge is 0.480 e. The van der Waals surface area contributed by atoms with Gasteiger partial charge in [-0.1, -0.05) is 19.1 Å². The highest BCUT2D eigenvalue weighted by Crippen LogP contribution is 2.25. The van der Waals surface area contributed by atoms with Crippen molar-refractivity contribution in [3.05, 3.63) is 29.3 Å².